The van der Waals surface area contributed by atoms with Gasteiger partial charge in [0.15, 0.2) is 0 Å². The van der Waals surface area contributed by atoms with Crippen LogP contribution in [0.4, 0.5) is 0 Å². The summed E-state index contributed by atoms with van der Waals surface area (Å²) < 4.78 is 16.9. The van der Waals surface area contributed by atoms with Crippen LogP contribution in [0.5, 0.6) is 0 Å². The molecule has 4 atom stereocenters. The Morgan fingerprint density at radius 1 is 0.530 bits per heavy atom. The van der Waals surface area contributed by atoms with Crippen LogP contribution in [0, 0.1) is 0 Å². The molecule has 0 saturated heterocycles. The number of aromatic nitrogens is 3. The van der Waals surface area contributed by atoms with Crippen molar-refractivity contribution in [3.05, 3.63) is 211 Å². The van der Waals surface area contributed by atoms with Crippen molar-refractivity contribution in [2.45, 2.75) is 111 Å². The molecule has 6 N–H and O–H groups in total. The van der Waals surface area contributed by atoms with Crippen molar-refractivity contribution in [3.63, 3.8) is 0 Å². The van der Waals surface area contributed by atoms with E-state index in [9.17, 15) is 24.6 Å². The fraction of sp³-hybridized carbons (Fsp3) is 0.272. The van der Waals surface area contributed by atoms with Gasteiger partial charge in [-0.2, -0.15) is 0 Å². The van der Waals surface area contributed by atoms with Crippen molar-refractivity contribution >= 4 is 95.9 Å². The summed E-state index contributed by atoms with van der Waals surface area (Å²) in [6.45, 7) is 16.5. The molecule has 3 aliphatic carbocycles. The van der Waals surface area contributed by atoms with Crippen molar-refractivity contribution in [2.75, 3.05) is 33.9 Å². The fourth-order valence-electron chi connectivity index (χ4n) is 16.4. The molecule has 6 heterocycles. The molecular formula is C81H77CsN6O12. The number of carbonyl (C=O) groups is 5. The Morgan fingerprint density at radius 2 is 0.920 bits per heavy atom. The number of nitrogens with zero attached hydrogens (tertiary/aromatic N) is 2. The second-order valence-electron chi connectivity index (χ2n) is 26.0. The summed E-state index contributed by atoms with van der Waals surface area (Å²) in [6.07, 6.45) is 0.464. The molecular weight excluding hydrogens is 1380 g/mol. The smallest absolute Gasteiger partial charge is 0.662 e. The molecule has 0 spiro atoms. The van der Waals surface area contributed by atoms with E-state index >= 15 is 0 Å². The van der Waals surface area contributed by atoms with Crippen molar-refractivity contribution in [3.8, 4) is 33.4 Å². The first-order valence-corrected chi connectivity index (χ1v) is 33.8. The van der Waals surface area contributed by atoms with Gasteiger partial charge in [0.1, 0.15) is 6.29 Å². The first-order chi connectivity index (χ1) is 48.1. The number of amides is 3. The molecule has 19 heteroatoms. The second-order valence-corrected chi connectivity index (χ2v) is 26.0. The summed E-state index contributed by atoms with van der Waals surface area (Å²) in [5.74, 6) is -0.199. The summed E-state index contributed by atoms with van der Waals surface area (Å²) in [7, 11) is 3.76. The number of fused-ring (bicyclic) bond motifs is 30. The minimum atomic E-state index is -0.576. The number of aldehydes is 1. The third kappa shape index (κ3) is 11.7. The summed E-state index contributed by atoms with van der Waals surface area (Å²) in [4.78, 5) is 74.2. The predicted molar refractivity (Wildman–Crippen MR) is 381 cm³/mol. The van der Waals surface area contributed by atoms with Crippen molar-refractivity contribution < 1.29 is 127 Å². The van der Waals surface area contributed by atoms with E-state index in [1.165, 1.54) is 39.9 Å². The zero-order chi connectivity index (χ0) is 69.2. The largest absolute Gasteiger partial charge is 1.00 e. The normalized spacial score (nSPS) is 15.8. The number of ether oxygens (including phenoxy) is 3. The van der Waals surface area contributed by atoms with Crippen molar-refractivity contribution in [2.24, 2.45) is 0 Å². The van der Waals surface area contributed by atoms with E-state index in [0.29, 0.717) is 59.3 Å². The van der Waals surface area contributed by atoms with Crippen molar-refractivity contribution in [1.82, 2.24) is 30.1 Å². The zero-order valence-corrected chi connectivity index (χ0v) is 63.8. The molecule has 9 aromatic carbocycles. The van der Waals surface area contributed by atoms with Crippen LogP contribution < -0.4 is 79.5 Å². The molecule has 3 amide bonds. The molecule has 0 radical (unpaired) electrons. The Bertz CT molecular complexity index is 5300. The average Bonchev–Trinajstić information content (AvgIpc) is 1.55. The Morgan fingerprint density at radius 3 is 1.36 bits per heavy atom. The van der Waals surface area contributed by atoms with Gasteiger partial charge in [-0.1, -0.05) is 91.0 Å². The first-order valence-electron chi connectivity index (χ1n) is 33.8. The van der Waals surface area contributed by atoms with Gasteiger partial charge in [0.05, 0.1) is 65.3 Å². The summed E-state index contributed by atoms with van der Waals surface area (Å²) in [5, 5.41) is 39.9. The Hall–Kier alpha value is -8.26. The van der Waals surface area contributed by atoms with E-state index in [1.54, 1.807) is 4.90 Å². The van der Waals surface area contributed by atoms with Crippen LogP contribution in [-0.4, -0.2) is 112 Å². The number of H-pyrrole nitrogens is 3. The topological polar surface area (TPSA) is 252 Å². The average molecular weight is 1460 g/mol. The molecule has 6 aliphatic rings. The number of rotatable bonds is 12. The molecule has 3 aromatic heterocycles. The molecule has 504 valence electrons. The predicted octanol–water partition coefficient (Wildman–Crippen LogP) is 10.2. The maximum Gasteiger partial charge on any atom is 1.00 e. The van der Waals surface area contributed by atoms with E-state index in [2.05, 4.69) is 128 Å². The standard InChI is InChI=1S/C27H26N2O3.C26H24N2O3.C25H22N2O2.C2H4O.CH2O3.Cs/c1-4-32-13-15-9-10-20-18(11-15)22-19-12-29(3)27(31)24(19)23-17-8-6-5-7-16(17)21(14(2)30)25(23)26(22)28-20;1-3-31-12-14-8-9-19-17(10-14)21-18-11-27-26(30)23(18)22-16-7-5-4-6-15(16)20(13(2)29)24(22)25(21)28-19;1-3-29-13-14-8-9-20-17(10-14)22-19-12-27(2)25(28)23(19)21-16-7-5-4-6-15(16)11-18(21)24(22)26-20;1-2-3;2-1-4-3;/h5-11,14,21,28,30H,4,12-13H2,1-3H3;4-10,13,20,28-29H,3,11-12H2,1-2H3,(H,27,30);4-10,26H,3,11-13H2,1-2H3;2H,1H3;1,3H;/q;;;;;+1/p-1. The number of aliphatic hydroxyl groups excluding tert-OH is 2. The molecule has 0 saturated carbocycles. The van der Waals surface area contributed by atoms with Gasteiger partial charge < -0.3 is 69.4 Å². The summed E-state index contributed by atoms with van der Waals surface area (Å²) in [5.41, 5.74) is 28.8. The van der Waals surface area contributed by atoms with Crippen LogP contribution in [0.15, 0.2) is 127 Å². The molecule has 100 heavy (non-hydrogen) atoms. The second kappa shape index (κ2) is 29.0. The van der Waals surface area contributed by atoms with Crippen LogP contribution >= 0.6 is 0 Å². The number of carbonyl (C=O) groups excluding carboxylic acids is 5. The van der Waals surface area contributed by atoms with Crippen LogP contribution in [0.3, 0.4) is 0 Å². The number of aromatic amines is 3. The van der Waals surface area contributed by atoms with Crippen LogP contribution in [-0.2, 0) is 74.6 Å². The minimum Gasteiger partial charge on any atom is -0.662 e. The van der Waals surface area contributed by atoms with E-state index < -0.39 is 12.2 Å². The monoisotopic (exact) mass is 1460 g/mol. The molecule has 3 aliphatic heterocycles. The summed E-state index contributed by atoms with van der Waals surface area (Å²) in [6, 6.07) is 44.0. The molecule has 0 bridgehead atoms. The maximum absolute atomic E-state index is 13.4. The number of hydrogen-bond acceptors (Lipinski definition) is 12. The van der Waals surface area contributed by atoms with Crippen LogP contribution in [0.25, 0.3) is 98.8 Å². The number of nitrogens with one attached hydrogen (secondary N) is 4. The van der Waals surface area contributed by atoms with Gasteiger partial charge in [-0.15, -0.1) is 0 Å². The van der Waals surface area contributed by atoms with E-state index in [-0.39, 0.29) is 105 Å². The molecule has 4 unspecified atom stereocenters. The number of aliphatic hydroxyl groups is 2. The van der Waals surface area contributed by atoms with Gasteiger partial charge in [0.25, 0.3) is 24.2 Å². The zero-order valence-electron chi connectivity index (χ0n) is 57.5. The van der Waals surface area contributed by atoms with Gasteiger partial charge in [-0.05, 0) is 161 Å². The Kier molecular flexibility index (Phi) is 20.4. The third-order valence-electron chi connectivity index (χ3n) is 20.2. The van der Waals surface area contributed by atoms with Gasteiger partial charge >= 0.3 is 68.9 Å². The van der Waals surface area contributed by atoms with Crippen LogP contribution in [0.1, 0.15) is 151 Å². The third-order valence-corrected chi connectivity index (χ3v) is 20.2. The van der Waals surface area contributed by atoms with Gasteiger partial charge in [-0.25, -0.2) is 0 Å². The Labute approximate surface area is 636 Å². The summed E-state index contributed by atoms with van der Waals surface area (Å²) >= 11 is 0. The SMILES string of the molecule is CC=O.CCOCc1ccc2[nH]c3c4c(c5c(c3c2c1)CN(C)C5=O)-c1ccccc1C4.CCOCc1ccc2[nH]c3c4c(c5c(c3c2c1)CN(C)C5=O)-c1ccccc1C4C(C)O.CCOCc1ccc2[nH]c3c4c(c5c(c3c2c1)CNC5=O)-c1ccccc1C4C(C)O.O=CO[O-].[Cs+]. The van der Waals surface area contributed by atoms with Crippen LogP contribution in [0.2, 0.25) is 0 Å². The Balaban J connectivity index is 0.000000128. The van der Waals surface area contributed by atoms with Gasteiger partial charge in [0, 0.05) is 137 Å². The number of hydrogen-bond donors (Lipinski definition) is 6. The molecule has 18 nitrogen and oxygen atoms in total. The minimum absolute atomic E-state index is 0. The van der Waals surface area contributed by atoms with E-state index in [4.69, 9.17) is 29.1 Å². The van der Waals surface area contributed by atoms with E-state index in [1.807, 2.05) is 77.9 Å². The van der Waals surface area contributed by atoms with E-state index in [0.717, 1.165) is 162 Å². The van der Waals surface area contributed by atoms with Gasteiger partial charge in [0.2, 0.25) is 0 Å². The molecule has 12 aromatic rings. The quantitative estimate of drug-likeness (QED) is 0.0380. The molecule has 0 fully saturated rings. The maximum atomic E-state index is 13.4. The fourth-order valence-corrected chi connectivity index (χ4v) is 16.4. The molecule has 18 rings (SSSR count). The van der Waals surface area contributed by atoms with Gasteiger partial charge in [-0.3, -0.25) is 19.2 Å². The first kappa shape index (κ1) is 70.2. The number of benzene rings is 9. The van der Waals surface area contributed by atoms with Crippen molar-refractivity contribution in [1.29, 1.82) is 0 Å².